The summed E-state index contributed by atoms with van der Waals surface area (Å²) in [6.45, 7) is 1.82. The Hall–Kier alpha value is -1.55. The maximum Gasteiger partial charge on any atom is 0.283 e. The third-order valence-corrected chi connectivity index (χ3v) is 5.77. The smallest absolute Gasteiger partial charge is 0.283 e. The topological polar surface area (TPSA) is 130 Å². The Bertz CT molecular complexity index is 656. The van der Waals surface area contributed by atoms with Crippen LogP contribution in [0.1, 0.15) is 38.2 Å². The van der Waals surface area contributed by atoms with E-state index in [1.54, 1.807) is 12.1 Å². The molecule has 0 radical (unpaired) electrons. The summed E-state index contributed by atoms with van der Waals surface area (Å²) in [5, 5.41) is 30.6. The van der Waals surface area contributed by atoms with E-state index in [0.29, 0.717) is 6.42 Å². The average molecular weight is 374 g/mol. The number of unbranched alkanes of at least 4 members (excludes halogenated alkanes) is 2. The molecule has 0 heterocycles. The average Bonchev–Trinajstić information content (AvgIpc) is 2.56. The molecule has 0 bridgehead atoms. The van der Waals surface area contributed by atoms with E-state index < -0.39 is 39.7 Å². The molecule has 1 aromatic carbocycles. The minimum atomic E-state index is -4.03. The molecule has 142 valence electrons. The van der Waals surface area contributed by atoms with Crippen LogP contribution in [-0.4, -0.2) is 48.3 Å². The van der Waals surface area contributed by atoms with Crippen molar-refractivity contribution in [3.05, 3.63) is 39.9 Å². The zero-order valence-corrected chi connectivity index (χ0v) is 15.3. The van der Waals surface area contributed by atoms with Crippen LogP contribution >= 0.6 is 0 Å². The highest BCUT2D eigenvalue weighted by atomic mass is 32.2. The highest BCUT2D eigenvalue weighted by molar-refractivity contribution is 7.89. The van der Waals surface area contributed by atoms with E-state index >= 15 is 0 Å². The van der Waals surface area contributed by atoms with Crippen molar-refractivity contribution in [2.75, 3.05) is 13.2 Å². The lowest BCUT2D eigenvalue weighted by Gasteiger charge is -2.30. The van der Waals surface area contributed by atoms with Gasteiger partial charge in [-0.1, -0.05) is 43.9 Å². The number of aliphatic hydroxyl groups is 2. The number of aryl methyl sites for hydroxylation is 1. The molecular formula is C16H26N2O6S. The number of nitro groups is 1. The molecule has 25 heavy (non-hydrogen) atoms. The number of hydrogen-bond acceptors (Lipinski definition) is 6. The zero-order valence-electron chi connectivity index (χ0n) is 14.5. The number of aliphatic hydroxyl groups excluding tert-OH is 2. The molecule has 0 saturated carbocycles. The molecule has 9 heteroatoms. The van der Waals surface area contributed by atoms with E-state index in [-0.39, 0.29) is 11.3 Å². The van der Waals surface area contributed by atoms with Crippen molar-refractivity contribution in [3.63, 3.8) is 0 Å². The van der Waals surface area contributed by atoms with Crippen molar-refractivity contribution in [1.29, 1.82) is 0 Å². The van der Waals surface area contributed by atoms with Gasteiger partial charge in [-0.15, -0.1) is 0 Å². The Morgan fingerprint density at radius 1 is 1.20 bits per heavy atom. The number of nitrogens with zero attached hydrogens (tertiary/aromatic N) is 1. The molecule has 0 amide bonds. The molecule has 1 rings (SSSR count). The van der Waals surface area contributed by atoms with Gasteiger partial charge in [0.1, 0.15) is 13.2 Å². The Morgan fingerprint density at radius 3 is 2.20 bits per heavy atom. The zero-order chi connectivity index (χ0) is 19.1. The van der Waals surface area contributed by atoms with Gasteiger partial charge in [0, 0.05) is 4.92 Å². The van der Waals surface area contributed by atoms with Crippen LogP contribution in [0.5, 0.6) is 0 Å². The third kappa shape index (κ3) is 5.21. The van der Waals surface area contributed by atoms with Crippen LogP contribution in [0, 0.1) is 17.0 Å². The van der Waals surface area contributed by atoms with Crippen LogP contribution in [0.3, 0.4) is 0 Å². The highest BCUT2D eigenvalue weighted by Crippen LogP contribution is 2.22. The normalized spacial score (nSPS) is 13.6. The van der Waals surface area contributed by atoms with Gasteiger partial charge in [-0.3, -0.25) is 10.1 Å². The Balaban J connectivity index is 3.18. The molecule has 8 nitrogen and oxygen atoms in total. The molecule has 1 atom stereocenters. The molecule has 0 aromatic heterocycles. The van der Waals surface area contributed by atoms with Crippen molar-refractivity contribution < 1.29 is 23.6 Å². The van der Waals surface area contributed by atoms with Crippen LogP contribution in [0.4, 0.5) is 0 Å². The summed E-state index contributed by atoms with van der Waals surface area (Å²) in [6, 6.07) is 4.84. The van der Waals surface area contributed by atoms with Crippen LogP contribution < -0.4 is 4.72 Å². The predicted octanol–water partition coefficient (Wildman–Crippen LogP) is 1.22. The maximum absolute atomic E-state index is 12.6. The second-order valence-corrected chi connectivity index (χ2v) is 7.87. The minimum absolute atomic E-state index is 0.0216. The predicted molar refractivity (Wildman–Crippen MR) is 93.3 cm³/mol. The number of rotatable bonds is 11. The molecule has 3 N–H and O–H groups in total. The minimum Gasteiger partial charge on any atom is -0.389 e. The van der Waals surface area contributed by atoms with Crippen molar-refractivity contribution in [3.8, 4) is 0 Å². The lowest BCUT2D eigenvalue weighted by atomic mass is 9.89. The van der Waals surface area contributed by atoms with Gasteiger partial charge in [0.05, 0.1) is 10.9 Å². The molecule has 0 aliphatic heterocycles. The van der Waals surface area contributed by atoms with Crippen molar-refractivity contribution in [2.24, 2.45) is 0 Å². The number of nitrogens with one attached hydrogen (secondary N) is 1. The first kappa shape index (κ1) is 21.5. The van der Waals surface area contributed by atoms with E-state index in [0.717, 1.165) is 18.4 Å². The number of sulfonamides is 1. The fourth-order valence-corrected chi connectivity index (χ4v) is 3.86. The second kappa shape index (κ2) is 9.23. The summed E-state index contributed by atoms with van der Waals surface area (Å²) in [5.74, 6) is 0. The molecule has 0 spiro atoms. The van der Waals surface area contributed by atoms with Gasteiger partial charge in [-0.2, -0.15) is 0 Å². The van der Waals surface area contributed by atoms with E-state index in [1.165, 1.54) is 12.1 Å². The summed E-state index contributed by atoms with van der Waals surface area (Å²) in [7, 11) is -4.03. The highest BCUT2D eigenvalue weighted by Gasteiger charge is 2.51. The fraction of sp³-hybridized carbons (Fsp3) is 0.625. The summed E-state index contributed by atoms with van der Waals surface area (Å²) in [5.41, 5.74) is -1.30. The molecule has 1 aromatic rings. The lowest BCUT2D eigenvalue weighted by molar-refractivity contribution is -0.582. The van der Waals surface area contributed by atoms with E-state index in [2.05, 4.69) is 4.72 Å². The summed E-state index contributed by atoms with van der Waals surface area (Å²) in [6.07, 6.45) is 2.28. The van der Waals surface area contributed by atoms with Crippen LogP contribution in [0.2, 0.25) is 0 Å². The monoisotopic (exact) mass is 374 g/mol. The van der Waals surface area contributed by atoms with E-state index in [9.17, 15) is 28.7 Å². The Labute approximate surface area is 148 Å². The summed E-state index contributed by atoms with van der Waals surface area (Å²) >= 11 is 0. The van der Waals surface area contributed by atoms with Gasteiger partial charge >= 0.3 is 0 Å². The first-order chi connectivity index (χ1) is 11.7. The van der Waals surface area contributed by atoms with Crippen LogP contribution in [0.15, 0.2) is 29.2 Å². The van der Waals surface area contributed by atoms with Gasteiger partial charge < -0.3 is 10.2 Å². The Kier molecular flexibility index (Phi) is 7.94. The number of benzene rings is 1. The fourth-order valence-electron chi connectivity index (χ4n) is 2.52. The molecular weight excluding hydrogens is 348 g/mol. The van der Waals surface area contributed by atoms with Crippen LogP contribution in [0.25, 0.3) is 0 Å². The van der Waals surface area contributed by atoms with Gasteiger partial charge in [-0.25, -0.2) is 13.1 Å². The standard InChI is InChI=1S/C16H26N2O6S/c1-3-4-5-6-15(16(11-19,12-20)18(21)22)17-25(23,24)14-9-7-13(2)8-10-14/h7-10,15,17,19-20H,3-6,11-12H2,1-2H3. The molecule has 0 aliphatic rings. The molecule has 0 fully saturated rings. The van der Waals surface area contributed by atoms with E-state index in [1.807, 2.05) is 13.8 Å². The maximum atomic E-state index is 12.6. The summed E-state index contributed by atoms with van der Waals surface area (Å²) < 4.78 is 27.5. The van der Waals surface area contributed by atoms with Crippen LogP contribution in [-0.2, 0) is 10.0 Å². The Morgan fingerprint density at radius 2 is 1.76 bits per heavy atom. The van der Waals surface area contributed by atoms with Gasteiger partial charge in [-0.05, 0) is 25.5 Å². The lowest BCUT2D eigenvalue weighted by Crippen LogP contribution is -2.61. The first-order valence-electron chi connectivity index (χ1n) is 8.18. The first-order valence-corrected chi connectivity index (χ1v) is 9.67. The molecule has 0 aliphatic carbocycles. The summed E-state index contributed by atoms with van der Waals surface area (Å²) in [4.78, 5) is 10.6. The van der Waals surface area contributed by atoms with Gasteiger partial charge in [0.25, 0.3) is 5.54 Å². The SMILES string of the molecule is CCCCCC(NS(=O)(=O)c1ccc(C)cc1)C(CO)(CO)[N+](=O)[O-]. The quantitative estimate of drug-likeness (QED) is 0.303. The molecule has 0 saturated heterocycles. The van der Waals surface area contributed by atoms with Gasteiger partial charge in [0.15, 0.2) is 0 Å². The van der Waals surface area contributed by atoms with Crippen molar-refractivity contribution in [1.82, 2.24) is 4.72 Å². The molecule has 1 unspecified atom stereocenters. The van der Waals surface area contributed by atoms with Crippen molar-refractivity contribution in [2.45, 2.75) is 56.0 Å². The van der Waals surface area contributed by atoms with Gasteiger partial charge in [0.2, 0.25) is 10.0 Å². The van der Waals surface area contributed by atoms with E-state index in [4.69, 9.17) is 0 Å². The van der Waals surface area contributed by atoms with Crippen molar-refractivity contribution >= 4 is 10.0 Å². The number of hydrogen-bond donors (Lipinski definition) is 3. The largest absolute Gasteiger partial charge is 0.389 e. The third-order valence-electron chi connectivity index (χ3n) is 4.28. The second-order valence-electron chi connectivity index (χ2n) is 6.16.